The third-order valence-corrected chi connectivity index (χ3v) is 3.88. The fraction of sp³-hybridized carbons (Fsp3) is 0.571. The average Bonchev–Trinajstić information content (AvgIpc) is 3.18. The van der Waals surface area contributed by atoms with E-state index in [9.17, 15) is 0 Å². The molecule has 0 atom stereocenters. The molecular weight excluding hydrogens is 228 g/mol. The lowest BCUT2D eigenvalue weighted by molar-refractivity contribution is 0.122. The Kier molecular flexibility index (Phi) is 2.92. The van der Waals surface area contributed by atoms with Gasteiger partial charge in [0.05, 0.1) is 20.3 Å². The molecule has 4 heteroatoms. The van der Waals surface area contributed by atoms with Crippen molar-refractivity contribution in [2.24, 2.45) is 5.73 Å². The predicted molar refractivity (Wildman–Crippen MR) is 71.1 cm³/mol. The molecule has 1 saturated carbocycles. The van der Waals surface area contributed by atoms with Crippen LogP contribution in [-0.4, -0.2) is 33.4 Å². The predicted octanol–water partition coefficient (Wildman–Crippen LogP) is 1.48. The minimum Gasteiger partial charge on any atom is -0.496 e. The number of nitrogens with two attached hydrogens (primary N) is 1. The zero-order valence-electron chi connectivity index (χ0n) is 10.8. The first-order valence-corrected chi connectivity index (χ1v) is 6.53. The highest BCUT2D eigenvalue weighted by atomic mass is 16.5. The lowest BCUT2D eigenvalue weighted by Crippen LogP contribution is -2.36. The number of hydrogen-bond acceptors (Lipinski definition) is 4. The van der Waals surface area contributed by atoms with Crippen LogP contribution >= 0.6 is 0 Å². The van der Waals surface area contributed by atoms with Crippen molar-refractivity contribution in [1.29, 1.82) is 0 Å². The minimum atomic E-state index is -0.159. The van der Waals surface area contributed by atoms with E-state index in [0.29, 0.717) is 0 Å². The first kappa shape index (κ1) is 11.8. The molecule has 1 saturated heterocycles. The van der Waals surface area contributed by atoms with Gasteiger partial charge in [0, 0.05) is 29.9 Å². The van der Waals surface area contributed by atoms with E-state index in [0.717, 1.165) is 50.5 Å². The Labute approximate surface area is 108 Å². The molecule has 1 aliphatic carbocycles. The molecule has 0 bridgehead atoms. The molecule has 0 unspecified atom stereocenters. The maximum atomic E-state index is 6.32. The van der Waals surface area contributed by atoms with Crippen molar-refractivity contribution in [3.63, 3.8) is 0 Å². The highest BCUT2D eigenvalue weighted by molar-refractivity contribution is 5.56. The van der Waals surface area contributed by atoms with Gasteiger partial charge in [-0.2, -0.15) is 0 Å². The molecule has 98 valence electrons. The molecule has 1 aromatic rings. The summed E-state index contributed by atoms with van der Waals surface area (Å²) < 4.78 is 10.8. The van der Waals surface area contributed by atoms with Gasteiger partial charge in [-0.25, -0.2) is 0 Å². The van der Waals surface area contributed by atoms with Gasteiger partial charge in [0.2, 0.25) is 0 Å². The van der Waals surface area contributed by atoms with Crippen molar-refractivity contribution in [3.05, 3.63) is 23.8 Å². The monoisotopic (exact) mass is 248 g/mol. The van der Waals surface area contributed by atoms with Crippen LogP contribution in [0.25, 0.3) is 0 Å². The van der Waals surface area contributed by atoms with E-state index < -0.39 is 0 Å². The lowest BCUT2D eigenvalue weighted by Gasteiger charge is -2.30. The number of anilines is 1. The molecule has 3 rings (SSSR count). The van der Waals surface area contributed by atoms with Gasteiger partial charge in [0.25, 0.3) is 0 Å². The average molecular weight is 248 g/mol. The third kappa shape index (κ3) is 2.06. The Morgan fingerprint density at radius 2 is 2.00 bits per heavy atom. The number of morpholine rings is 1. The van der Waals surface area contributed by atoms with Crippen molar-refractivity contribution >= 4 is 5.69 Å². The Hall–Kier alpha value is -1.26. The van der Waals surface area contributed by atoms with Crippen LogP contribution in [0.5, 0.6) is 5.75 Å². The van der Waals surface area contributed by atoms with Crippen LogP contribution in [0.4, 0.5) is 5.69 Å². The van der Waals surface area contributed by atoms with Crippen molar-refractivity contribution in [2.75, 3.05) is 38.3 Å². The van der Waals surface area contributed by atoms with Crippen molar-refractivity contribution < 1.29 is 9.47 Å². The van der Waals surface area contributed by atoms with Gasteiger partial charge in [-0.1, -0.05) is 0 Å². The summed E-state index contributed by atoms with van der Waals surface area (Å²) in [5.41, 5.74) is 8.54. The zero-order valence-corrected chi connectivity index (χ0v) is 10.8. The van der Waals surface area contributed by atoms with E-state index in [1.165, 1.54) is 5.69 Å². The topological polar surface area (TPSA) is 47.7 Å². The Morgan fingerprint density at radius 3 is 2.61 bits per heavy atom. The van der Waals surface area contributed by atoms with Crippen LogP contribution in [0.1, 0.15) is 18.4 Å². The van der Waals surface area contributed by atoms with Crippen molar-refractivity contribution in [3.8, 4) is 5.75 Å². The molecule has 2 N–H and O–H groups in total. The molecule has 0 radical (unpaired) electrons. The lowest BCUT2D eigenvalue weighted by atomic mass is 10.0. The van der Waals surface area contributed by atoms with Gasteiger partial charge in [-0.3, -0.25) is 0 Å². The van der Waals surface area contributed by atoms with Crippen LogP contribution in [0.3, 0.4) is 0 Å². The fourth-order valence-electron chi connectivity index (χ4n) is 2.51. The molecule has 18 heavy (non-hydrogen) atoms. The molecule has 0 aromatic heterocycles. The summed E-state index contributed by atoms with van der Waals surface area (Å²) in [5.74, 6) is 0.909. The second kappa shape index (κ2) is 4.44. The maximum Gasteiger partial charge on any atom is 0.124 e. The molecule has 4 nitrogen and oxygen atoms in total. The highest BCUT2D eigenvalue weighted by Crippen LogP contribution is 2.47. The van der Waals surface area contributed by atoms with Crippen LogP contribution in [0, 0.1) is 0 Å². The second-order valence-corrected chi connectivity index (χ2v) is 5.14. The number of nitrogens with zero attached hydrogens (tertiary/aromatic N) is 1. The van der Waals surface area contributed by atoms with Crippen molar-refractivity contribution in [2.45, 2.75) is 18.4 Å². The first-order chi connectivity index (χ1) is 8.73. The molecule has 0 amide bonds. The van der Waals surface area contributed by atoms with E-state index in [1.54, 1.807) is 7.11 Å². The largest absolute Gasteiger partial charge is 0.496 e. The highest BCUT2D eigenvalue weighted by Gasteiger charge is 2.42. The summed E-state index contributed by atoms with van der Waals surface area (Å²) in [6, 6.07) is 6.34. The molecule has 2 fully saturated rings. The Morgan fingerprint density at radius 1 is 1.28 bits per heavy atom. The van der Waals surface area contributed by atoms with Gasteiger partial charge >= 0.3 is 0 Å². The summed E-state index contributed by atoms with van der Waals surface area (Å²) in [4.78, 5) is 2.35. The van der Waals surface area contributed by atoms with E-state index in [-0.39, 0.29) is 5.54 Å². The summed E-state index contributed by atoms with van der Waals surface area (Å²) >= 11 is 0. The molecule has 0 spiro atoms. The Balaban J connectivity index is 1.91. The molecule has 1 aliphatic heterocycles. The van der Waals surface area contributed by atoms with E-state index in [2.05, 4.69) is 17.0 Å². The molecule has 1 aromatic carbocycles. The SMILES string of the molecule is COc1ccc(N2CCOCC2)cc1C1(N)CC1. The minimum absolute atomic E-state index is 0.159. The smallest absolute Gasteiger partial charge is 0.124 e. The summed E-state index contributed by atoms with van der Waals surface area (Å²) in [6.45, 7) is 3.50. The molecule has 2 aliphatic rings. The zero-order chi connectivity index (χ0) is 12.6. The van der Waals surface area contributed by atoms with Gasteiger partial charge in [0.1, 0.15) is 5.75 Å². The molecule has 1 heterocycles. The van der Waals surface area contributed by atoms with Crippen LogP contribution in [0.15, 0.2) is 18.2 Å². The Bertz CT molecular complexity index is 437. The normalized spacial score (nSPS) is 21.8. The van der Waals surface area contributed by atoms with Crippen LogP contribution < -0.4 is 15.4 Å². The quantitative estimate of drug-likeness (QED) is 0.880. The summed E-state index contributed by atoms with van der Waals surface area (Å²) in [7, 11) is 1.71. The van der Waals surface area contributed by atoms with E-state index in [4.69, 9.17) is 15.2 Å². The fourth-order valence-corrected chi connectivity index (χ4v) is 2.51. The summed E-state index contributed by atoms with van der Waals surface area (Å²) in [5, 5.41) is 0. The van der Waals surface area contributed by atoms with E-state index in [1.807, 2.05) is 6.07 Å². The second-order valence-electron chi connectivity index (χ2n) is 5.14. The van der Waals surface area contributed by atoms with Crippen LogP contribution in [0.2, 0.25) is 0 Å². The number of ether oxygens (including phenoxy) is 2. The van der Waals surface area contributed by atoms with E-state index >= 15 is 0 Å². The molecular formula is C14H20N2O2. The van der Waals surface area contributed by atoms with Gasteiger partial charge in [0.15, 0.2) is 0 Å². The first-order valence-electron chi connectivity index (χ1n) is 6.53. The third-order valence-electron chi connectivity index (χ3n) is 3.88. The van der Waals surface area contributed by atoms with Gasteiger partial charge in [-0.05, 0) is 31.0 Å². The number of methoxy groups -OCH3 is 1. The van der Waals surface area contributed by atoms with Crippen molar-refractivity contribution in [1.82, 2.24) is 0 Å². The standard InChI is InChI=1S/C14H20N2O2/c1-17-13-3-2-11(16-6-8-18-9-7-16)10-12(13)14(15)4-5-14/h2-3,10H,4-9,15H2,1H3. The summed E-state index contributed by atoms with van der Waals surface area (Å²) in [6.07, 6.45) is 2.10. The van der Waals surface area contributed by atoms with Gasteiger partial charge in [-0.15, -0.1) is 0 Å². The van der Waals surface area contributed by atoms with Crippen LogP contribution in [-0.2, 0) is 10.3 Å². The number of benzene rings is 1. The number of hydrogen-bond donors (Lipinski definition) is 1. The maximum absolute atomic E-state index is 6.32. The van der Waals surface area contributed by atoms with Gasteiger partial charge < -0.3 is 20.1 Å². The number of rotatable bonds is 3.